The van der Waals surface area contributed by atoms with Gasteiger partial charge in [0.2, 0.25) is 0 Å². The molecule has 2 unspecified atom stereocenters. The van der Waals surface area contributed by atoms with E-state index in [1.807, 2.05) is 25.9 Å². The minimum Gasteiger partial charge on any atom is -0.329 e. The third kappa shape index (κ3) is 3.95. The smallest absolute Gasteiger partial charge is 0.254 e. The second-order valence-corrected chi connectivity index (χ2v) is 10.2. The second kappa shape index (κ2) is 8.24. The van der Waals surface area contributed by atoms with E-state index in [1.165, 1.54) is 12.1 Å². The molecule has 32 heavy (non-hydrogen) atoms. The summed E-state index contributed by atoms with van der Waals surface area (Å²) in [5.74, 6) is 0.532. The van der Waals surface area contributed by atoms with Gasteiger partial charge in [0.15, 0.2) is 5.84 Å². The van der Waals surface area contributed by atoms with E-state index >= 15 is 0 Å². The summed E-state index contributed by atoms with van der Waals surface area (Å²) in [7, 11) is 4.06. The molecule has 2 aliphatic heterocycles. The van der Waals surface area contributed by atoms with Crippen molar-refractivity contribution in [1.29, 1.82) is 0 Å². The molecule has 3 heterocycles. The molecular weight excluding hydrogens is 449 g/mol. The van der Waals surface area contributed by atoms with Crippen LogP contribution in [0, 0.1) is 11.7 Å². The van der Waals surface area contributed by atoms with Gasteiger partial charge in [0.1, 0.15) is 16.5 Å². The lowest BCUT2D eigenvalue weighted by Gasteiger charge is -2.43. The van der Waals surface area contributed by atoms with Crippen molar-refractivity contribution in [1.82, 2.24) is 19.7 Å². The first-order valence-corrected chi connectivity index (χ1v) is 12.0. The Morgan fingerprint density at radius 2 is 2.16 bits per heavy atom. The summed E-state index contributed by atoms with van der Waals surface area (Å²) in [6.07, 6.45) is 3.29. The summed E-state index contributed by atoms with van der Waals surface area (Å²) < 4.78 is 14.0. The van der Waals surface area contributed by atoms with E-state index in [0.717, 1.165) is 35.2 Å². The number of hydrogen-bond donors (Lipinski definition) is 0. The maximum absolute atomic E-state index is 14.0. The van der Waals surface area contributed by atoms with Crippen LogP contribution in [0.5, 0.6) is 0 Å². The Morgan fingerprint density at radius 1 is 1.34 bits per heavy atom. The quantitative estimate of drug-likeness (QED) is 0.676. The van der Waals surface area contributed by atoms with E-state index in [-0.39, 0.29) is 23.0 Å². The molecule has 3 atom stereocenters. The van der Waals surface area contributed by atoms with E-state index in [9.17, 15) is 9.18 Å². The van der Waals surface area contributed by atoms with Crippen LogP contribution in [-0.2, 0) is 6.54 Å². The standard InChI is InChI=1S/C23H25ClFN5OS/c1-13-20-10-15-9-18(15)27-22(19-12-32-21(26-19)11-28(2)3)30(20)7-6-29(13)23(31)14-4-5-16(24)17(25)8-14/h4-5,8,10,12-13,15,18H,6-7,9,11H2,1-3H3/t13-,15?,18?/m1/s1. The molecule has 0 bridgehead atoms. The van der Waals surface area contributed by atoms with Crippen LogP contribution in [0.1, 0.15) is 34.4 Å². The zero-order valence-corrected chi connectivity index (χ0v) is 19.8. The zero-order chi connectivity index (χ0) is 22.6. The van der Waals surface area contributed by atoms with E-state index in [0.29, 0.717) is 24.6 Å². The molecule has 0 radical (unpaired) electrons. The molecule has 1 aromatic heterocycles. The number of amides is 1. The molecule has 1 saturated heterocycles. The third-order valence-electron chi connectivity index (χ3n) is 6.16. The van der Waals surface area contributed by atoms with Gasteiger partial charge in [-0.15, -0.1) is 11.3 Å². The van der Waals surface area contributed by atoms with Crippen LogP contribution >= 0.6 is 22.9 Å². The van der Waals surface area contributed by atoms with Gasteiger partial charge >= 0.3 is 0 Å². The molecule has 5 rings (SSSR count). The third-order valence-corrected chi connectivity index (χ3v) is 7.30. The summed E-state index contributed by atoms with van der Waals surface area (Å²) in [5, 5.41) is 3.15. The number of carbonyl (C=O) groups is 1. The maximum atomic E-state index is 14.0. The van der Waals surface area contributed by atoms with Gasteiger partial charge in [0.25, 0.3) is 5.91 Å². The number of nitrogens with zero attached hydrogens (tertiary/aromatic N) is 5. The normalized spacial score (nSPS) is 24.5. The Bertz CT molecular complexity index is 1130. The lowest BCUT2D eigenvalue weighted by Crippen LogP contribution is -2.54. The molecule has 6 nitrogen and oxygen atoms in total. The largest absolute Gasteiger partial charge is 0.329 e. The number of fused-ring (bicyclic) bond motifs is 2. The van der Waals surface area contributed by atoms with Crippen LogP contribution in [0.15, 0.2) is 40.3 Å². The molecular formula is C23H25ClFN5OS. The van der Waals surface area contributed by atoms with Gasteiger partial charge < -0.3 is 14.7 Å². The van der Waals surface area contributed by atoms with E-state index < -0.39 is 5.82 Å². The summed E-state index contributed by atoms with van der Waals surface area (Å²) in [6, 6.07) is 4.36. The number of rotatable bonds is 4. The van der Waals surface area contributed by atoms with Crippen LogP contribution < -0.4 is 0 Å². The fraction of sp³-hybridized carbons (Fsp3) is 0.435. The number of aromatic nitrogens is 1. The molecule has 0 N–H and O–H groups in total. The van der Waals surface area contributed by atoms with Crippen molar-refractivity contribution >= 4 is 34.7 Å². The first kappa shape index (κ1) is 21.6. The Kier molecular flexibility index (Phi) is 5.55. The number of hydrogen-bond acceptors (Lipinski definition) is 6. The summed E-state index contributed by atoms with van der Waals surface area (Å²) in [5.41, 5.74) is 2.29. The molecule has 1 saturated carbocycles. The molecule has 9 heteroatoms. The number of amidine groups is 1. The van der Waals surface area contributed by atoms with Crippen LogP contribution in [-0.4, -0.2) is 70.7 Å². The lowest BCUT2D eigenvalue weighted by atomic mass is 10.0. The van der Waals surface area contributed by atoms with Crippen molar-refractivity contribution in [2.45, 2.75) is 32.0 Å². The van der Waals surface area contributed by atoms with E-state index in [2.05, 4.69) is 21.3 Å². The van der Waals surface area contributed by atoms with Gasteiger partial charge in [-0.2, -0.15) is 0 Å². The Balaban J connectivity index is 1.42. The van der Waals surface area contributed by atoms with E-state index in [4.69, 9.17) is 21.6 Å². The summed E-state index contributed by atoms with van der Waals surface area (Å²) in [4.78, 5) is 29.2. The van der Waals surface area contributed by atoms with Crippen molar-refractivity contribution < 1.29 is 9.18 Å². The van der Waals surface area contributed by atoms with Crippen LogP contribution in [0.3, 0.4) is 0 Å². The average molecular weight is 474 g/mol. The van der Waals surface area contributed by atoms with Crippen molar-refractivity contribution in [2.75, 3.05) is 27.2 Å². The van der Waals surface area contributed by atoms with Crippen LogP contribution in [0.2, 0.25) is 5.02 Å². The molecule has 0 spiro atoms. The van der Waals surface area contributed by atoms with Gasteiger partial charge in [-0.3, -0.25) is 9.79 Å². The minimum atomic E-state index is -0.579. The molecule has 1 aliphatic carbocycles. The van der Waals surface area contributed by atoms with Gasteiger partial charge in [-0.1, -0.05) is 17.7 Å². The summed E-state index contributed by atoms with van der Waals surface area (Å²) in [6.45, 7) is 3.96. The van der Waals surface area contributed by atoms with Gasteiger partial charge in [-0.25, -0.2) is 9.37 Å². The fourth-order valence-corrected chi connectivity index (χ4v) is 5.39. The van der Waals surface area contributed by atoms with Crippen molar-refractivity contribution in [2.24, 2.45) is 10.9 Å². The van der Waals surface area contributed by atoms with E-state index in [1.54, 1.807) is 17.4 Å². The Labute approximate surface area is 196 Å². The highest BCUT2D eigenvalue weighted by Gasteiger charge is 2.43. The fourth-order valence-electron chi connectivity index (χ4n) is 4.38. The number of halogens is 2. The molecule has 1 amide bonds. The van der Waals surface area contributed by atoms with Gasteiger partial charge in [-0.05, 0) is 45.6 Å². The number of piperazine rings is 1. The van der Waals surface area contributed by atoms with Crippen LogP contribution in [0.4, 0.5) is 4.39 Å². The highest BCUT2D eigenvalue weighted by molar-refractivity contribution is 7.09. The highest BCUT2D eigenvalue weighted by Crippen LogP contribution is 2.41. The van der Waals surface area contributed by atoms with Gasteiger partial charge in [0.05, 0.1) is 17.1 Å². The Morgan fingerprint density at radius 3 is 2.91 bits per heavy atom. The van der Waals surface area contributed by atoms with Crippen molar-refractivity contribution in [3.63, 3.8) is 0 Å². The molecule has 2 aromatic rings. The molecule has 3 aliphatic rings. The Hall–Kier alpha value is -2.29. The number of carbonyl (C=O) groups excluding carboxylic acids is 1. The predicted molar refractivity (Wildman–Crippen MR) is 125 cm³/mol. The molecule has 1 aromatic carbocycles. The molecule has 2 fully saturated rings. The number of benzene rings is 1. The number of thiazole rings is 1. The average Bonchev–Trinajstić information content (AvgIpc) is 3.36. The predicted octanol–water partition coefficient (Wildman–Crippen LogP) is 3.88. The maximum Gasteiger partial charge on any atom is 0.254 e. The summed E-state index contributed by atoms with van der Waals surface area (Å²) >= 11 is 7.44. The van der Waals surface area contributed by atoms with Crippen LogP contribution in [0.25, 0.3) is 0 Å². The monoisotopic (exact) mass is 473 g/mol. The zero-order valence-electron chi connectivity index (χ0n) is 18.3. The number of aliphatic imine (C=N–C) groups is 1. The lowest BCUT2D eigenvalue weighted by molar-refractivity contribution is 0.0647. The SMILES string of the molecule is C[C@@H]1C2=CC3CC3N=C(c3csc(CN(C)C)n3)N2CCN1C(=O)c1ccc(Cl)c(F)c1. The first-order chi connectivity index (χ1) is 15.3. The first-order valence-electron chi connectivity index (χ1n) is 10.7. The van der Waals surface area contributed by atoms with Gasteiger partial charge in [0, 0.05) is 42.2 Å². The minimum absolute atomic E-state index is 0.0171. The van der Waals surface area contributed by atoms with Crippen molar-refractivity contribution in [3.05, 3.63) is 62.5 Å². The second-order valence-electron chi connectivity index (χ2n) is 8.83. The topological polar surface area (TPSA) is 52.0 Å². The highest BCUT2D eigenvalue weighted by atomic mass is 35.5. The van der Waals surface area contributed by atoms with Crippen molar-refractivity contribution in [3.8, 4) is 0 Å². The molecule has 168 valence electrons.